The fourth-order valence-electron chi connectivity index (χ4n) is 4.12. The van der Waals surface area contributed by atoms with Gasteiger partial charge in [0.05, 0.1) is 5.69 Å². The van der Waals surface area contributed by atoms with Crippen LogP contribution in [-0.4, -0.2) is 17.8 Å². The first kappa shape index (κ1) is 18.9. The minimum Gasteiger partial charge on any atom is -0.440 e. The third-order valence-corrected chi connectivity index (χ3v) is 5.67. The van der Waals surface area contributed by atoms with Gasteiger partial charge in [-0.05, 0) is 35.9 Å². The zero-order chi connectivity index (χ0) is 21.8. The summed E-state index contributed by atoms with van der Waals surface area (Å²) in [6.45, 7) is 4.22. The van der Waals surface area contributed by atoms with Crippen LogP contribution in [0, 0.1) is 0 Å². The van der Waals surface area contributed by atoms with Crippen LogP contribution in [-0.2, 0) is 15.0 Å². The summed E-state index contributed by atoms with van der Waals surface area (Å²) >= 11 is 0. The van der Waals surface area contributed by atoms with Gasteiger partial charge in [-0.3, -0.25) is 25.1 Å². The van der Waals surface area contributed by atoms with E-state index in [4.69, 9.17) is 4.42 Å². The van der Waals surface area contributed by atoms with Crippen molar-refractivity contribution in [3.8, 4) is 0 Å². The molecule has 3 heterocycles. The van der Waals surface area contributed by atoms with E-state index in [1.54, 1.807) is 0 Å². The third kappa shape index (κ3) is 2.93. The summed E-state index contributed by atoms with van der Waals surface area (Å²) in [5, 5.41) is 4.15. The first-order valence-electron chi connectivity index (χ1n) is 9.83. The van der Waals surface area contributed by atoms with Crippen LogP contribution >= 0.6 is 0 Å². The molecule has 0 unspecified atom stereocenters. The van der Waals surface area contributed by atoms with Gasteiger partial charge >= 0.3 is 6.03 Å². The SMILES string of the molecule is CC1(C)c2ccccc2N(c2ccccc2)c2oc(C=C3C(=O)NC(=O)NC3=O)cc21. The highest BCUT2D eigenvalue weighted by molar-refractivity contribution is 6.31. The fraction of sp³-hybridized carbons (Fsp3) is 0.125. The number of urea groups is 1. The molecule has 0 spiro atoms. The molecule has 0 saturated carbocycles. The molecule has 2 aromatic carbocycles. The highest BCUT2D eigenvalue weighted by atomic mass is 16.4. The molecule has 0 aliphatic carbocycles. The number of carbonyl (C=O) groups is 3. The number of hydrogen-bond acceptors (Lipinski definition) is 5. The molecule has 7 nitrogen and oxygen atoms in total. The van der Waals surface area contributed by atoms with Crippen molar-refractivity contribution in [3.05, 3.63) is 83.1 Å². The summed E-state index contributed by atoms with van der Waals surface area (Å²) in [5.74, 6) is -0.549. The number of para-hydroxylation sites is 2. The first-order valence-corrected chi connectivity index (χ1v) is 9.83. The van der Waals surface area contributed by atoms with Crippen LogP contribution < -0.4 is 15.5 Å². The summed E-state index contributed by atoms with van der Waals surface area (Å²) in [4.78, 5) is 37.6. The van der Waals surface area contributed by atoms with Gasteiger partial charge in [-0.1, -0.05) is 50.2 Å². The average Bonchev–Trinajstić information content (AvgIpc) is 3.16. The predicted molar refractivity (Wildman–Crippen MR) is 115 cm³/mol. The Kier molecular flexibility index (Phi) is 4.08. The van der Waals surface area contributed by atoms with Gasteiger partial charge in [0.1, 0.15) is 11.3 Å². The van der Waals surface area contributed by atoms with Gasteiger partial charge in [0.15, 0.2) is 0 Å². The molecule has 1 aromatic heterocycles. The second kappa shape index (κ2) is 6.70. The van der Waals surface area contributed by atoms with Crippen molar-refractivity contribution < 1.29 is 18.8 Å². The van der Waals surface area contributed by atoms with E-state index in [0.29, 0.717) is 11.6 Å². The lowest BCUT2D eigenvalue weighted by Gasteiger charge is -2.38. The minimum atomic E-state index is -0.835. The summed E-state index contributed by atoms with van der Waals surface area (Å²) < 4.78 is 6.20. The fourth-order valence-corrected chi connectivity index (χ4v) is 4.12. The summed E-state index contributed by atoms with van der Waals surface area (Å²) in [6, 6.07) is 19.0. The maximum Gasteiger partial charge on any atom is 0.328 e. The van der Waals surface area contributed by atoms with E-state index < -0.39 is 17.8 Å². The topological polar surface area (TPSA) is 91.7 Å². The van der Waals surface area contributed by atoms with E-state index in [2.05, 4.69) is 30.5 Å². The van der Waals surface area contributed by atoms with E-state index >= 15 is 0 Å². The number of fused-ring (bicyclic) bond motifs is 2. The number of furan rings is 1. The molecule has 1 fully saturated rings. The number of barbiturate groups is 1. The maximum absolute atomic E-state index is 12.1. The Morgan fingerprint density at radius 2 is 1.52 bits per heavy atom. The van der Waals surface area contributed by atoms with Gasteiger partial charge < -0.3 is 4.42 Å². The van der Waals surface area contributed by atoms with Crippen LogP contribution in [0.15, 0.2) is 70.7 Å². The molecule has 2 aliphatic heterocycles. The van der Waals surface area contributed by atoms with Gasteiger partial charge in [-0.25, -0.2) is 4.79 Å². The number of hydrogen-bond donors (Lipinski definition) is 2. The molecular weight excluding hydrogens is 394 g/mol. The van der Waals surface area contributed by atoms with E-state index in [1.807, 2.05) is 59.5 Å². The average molecular weight is 413 g/mol. The molecule has 4 amide bonds. The van der Waals surface area contributed by atoms with E-state index in [9.17, 15) is 14.4 Å². The van der Waals surface area contributed by atoms with E-state index in [-0.39, 0.29) is 11.0 Å². The predicted octanol–water partition coefficient (Wildman–Crippen LogP) is 4.14. The van der Waals surface area contributed by atoms with Crippen molar-refractivity contribution in [1.29, 1.82) is 0 Å². The van der Waals surface area contributed by atoms with Gasteiger partial charge in [0.2, 0.25) is 5.88 Å². The van der Waals surface area contributed by atoms with Gasteiger partial charge in [-0.2, -0.15) is 0 Å². The lowest BCUT2D eigenvalue weighted by molar-refractivity contribution is -0.123. The zero-order valence-electron chi connectivity index (χ0n) is 16.9. The Labute approximate surface area is 178 Å². The number of benzene rings is 2. The summed E-state index contributed by atoms with van der Waals surface area (Å²) in [6.07, 6.45) is 1.36. The van der Waals surface area contributed by atoms with E-state index in [0.717, 1.165) is 22.5 Å². The second-order valence-electron chi connectivity index (χ2n) is 7.98. The summed E-state index contributed by atoms with van der Waals surface area (Å²) in [5.41, 5.74) is 3.43. The number of carbonyl (C=O) groups excluding carboxylic acids is 3. The number of nitrogens with zero attached hydrogens (tertiary/aromatic N) is 1. The monoisotopic (exact) mass is 413 g/mol. The molecular formula is C24H19N3O4. The highest BCUT2D eigenvalue weighted by Crippen LogP contribution is 2.52. The Bertz CT molecular complexity index is 1250. The molecule has 2 aliphatic rings. The number of amides is 4. The van der Waals surface area contributed by atoms with E-state index in [1.165, 1.54) is 6.08 Å². The van der Waals surface area contributed by atoms with Crippen molar-refractivity contribution in [1.82, 2.24) is 10.6 Å². The molecule has 0 radical (unpaired) electrons. The molecule has 5 rings (SSSR count). The van der Waals surface area contributed by atoms with Crippen molar-refractivity contribution in [2.45, 2.75) is 19.3 Å². The van der Waals surface area contributed by atoms with Crippen LogP contribution in [0.5, 0.6) is 0 Å². The largest absolute Gasteiger partial charge is 0.440 e. The van der Waals surface area contributed by atoms with Crippen molar-refractivity contribution in [3.63, 3.8) is 0 Å². The van der Waals surface area contributed by atoms with Crippen LogP contribution in [0.2, 0.25) is 0 Å². The quantitative estimate of drug-likeness (QED) is 0.487. The molecule has 1 saturated heterocycles. The molecule has 31 heavy (non-hydrogen) atoms. The van der Waals surface area contributed by atoms with Crippen molar-refractivity contribution >= 4 is 41.2 Å². The molecule has 0 atom stereocenters. The van der Waals surface area contributed by atoms with Gasteiger partial charge in [0, 0.05) is 16.7 Å². The van der Waals surface area contributed by atoms with Crippen LogP contribution in [0.3, 0.4) is 0 Å². The summed E-state index contributed by atoms with van der Waals surface area (Å²) in [7, 11) is 0. The van der Waals surface area contributed by atoms with Gasteiger partial charge in [-0.15, -0.1) is 0 Å². The van der Waals surface area contributed by atoms with Crippen molar-refractivity contribution in [2.75, 3.05) is 4.90 Å². The standard InChI is InChI=1S/C24H19N3O4/c1-24(2)17-10-6-7-11-19(17)27(14-8-4-3-5-9-14)22-18(24)13-15(31-22)12-16-20(28)25-23(30)26-21(16)29/h3-13H,1-2H3,(H2,25,26,28,29,30). The first-order chi connectivity index (χ1) is 14.9. The minimum absolute atomic E-state index is 0.188. The molecule has 154 valence electrons. The Hall–Kier alpha value is -4.13. The lowest BCUT2D eigenvalue weighted by atomic mass is 9.75. The number of imide groups is 2. The molecule has 0 bridgehead atoms. The maximum atomic E-state index is 12.1. The number of nitrogens with one attached hydrogen (secondary N) is 2. The zero-order valence-corrected chi connectivity index (χ0v) is 16.9. The highest BCUT2D eigenvalue weighted by Gasteiger charge is 2.40. The molecule has 3 aromatic rings. The number of anilines is 3. The Morgan fingerprint density at radius 3 is 2.23 bits per heavy atom. The van der Waals surface area contributed by atoms with Crippen LogP contribution in [0.1, 0.15) is 30.7 Å². The van der Waals surface area contributed by atoms with Gasteiger partial charge in [0.25, 0.3) is 11.8 Å². The van der Waals surface area contributed by atoms with Crippen LogP contribution in [0.4, 0.5) is 22.1 Å². The normalized spacial score (nSPS) is 16.9. The van der Waals surface area contributed by atoms with Crippen LogP contribution in [0.25, 0.3) is 6.08 Å². The second-order valence-corrected chi connectivity index (χ2v) is 7.98. The van der Waals surface area contributed by atoms with Crippen molar-refractivity contribution in [2.24, 2.45) is 0 Å². The molecule has 2 N–H and O–H groups in total. The third-order valence-electron chi connectivity index (χ3n) is 5.67. The smallest absolute Gasteiger partial charge is 0.328 e. The number of rotatable bonds is 2. The lowest BCUT2D eigenvalue weighted by Crippen LogP contribution is -2.51. The Balaban J connectivity index is 1.69. The Morgan fingerprint density at radius 1 is 0.871 bits per heavy atom. The molecule has 7 heteroatoms.